The summed E-state index contributed by atoms with van der Waals surface area (Å²) >= 11 is 7.29. The molecule has 1 saturated heterocycles. The fourth-order valence-electron chi connectivity index (χ4n) is 5.16. The number of carbonyl (C=O) groups excluding carboxylic acids is 1. The summed E-state index contributed by atoms with van der Waals surface area (Å²) in [5, 5.41) is 4.14. The highest BCUT2D eigenvalue weighted by atomic mass is 35.5. The van der Waals surface area contributed by atoms with Crippen molar-refractivity contribution in [3.63, 3.8) is 0 Å². The lowest BCUT2D eigenvalue weighted by Crippen LogP contribution is -2.44. The molecule has 0 unspecified atom stereocenters. The number of nitrogens with one attached hydrogen (secondary N) is 2. The van der Waals surface area contributed by atoms with Gasteiger partial charge in [0.1, 0.15) is 11.3 Å². The van der Waals surface area contributed by atoms with Crippen LogP contribution in [-0.4, -0.2) is 55.9 Å². The van der Waals surface area contributed by atoms with E-state index in [9.17, 15) is 9.59 Å². The Hall–Kier alpha value is -3.90. The second-order valence-electron chi connectivity index (χ2n) is 10.4. The number of nitrogens with zero attached hydrogens (tertiary/aromatic N) is 6. The molecule has 0 radical (unpaired) electrons. The molecule has 3 aromatic heterocycles. The highest BCUT2D eigenvalue weighted by molar-refractivity contribution is 7.97. The SMILES string of the molecule is CSNC(=O)c1nc(Cl)ccc1N[C@H](C)c1cc(C)cc2c(=O)n(C)c(N3CCC[C@@H](Oc4cnc(C)cn4)C3)nc12. The van der Waals surface area contributed by atoms with Gasteiger partial charge >= 0.3 is 0 Å². The number of pyridine rings is 1. The molecule has 0 spiro atoms. The van der Waals surface area contributed by atoms with Crippen LogP contribution in [0.4, 0.5) is 11.6 Å². The molecule has 13 heteroatoms. The number of rotatable bonds is 8. The zero-order valence-corrected chi connectivity index (χ0v) is 25.7. The monoisotopic (exact) mass is 608 g/mol. The predicted octanol–water partition coefficient (Wildman–Crippen LogP) is 4.62. The molecule has 1 aliphatic heterocycles. The van der Waals surface area contributed by atoms with Crippen LogP contribution in [0.15, 0.2) is 41.5 Å². The Morgan fingerprint density at radius 3 is 2.74 bits per heavy atom. The van der Waals surface area contributed by atoms with Crippen LogP contribution in [0.25, 0.3) is 10.9 Å². The van der Waals surface area contributed by atoms with Crippen molar-refractivity contribution < 1.29 is 9.53 Å². The number of aromatic nitrogens is 5. The van der Waals surface area contributed by atoms with Gasteiger partial charge in [-0.3, -0.25) is 23.9 Å². The van der Waals surface area contributed by atoms with Gasteiger partial charge in [0, 0.05) is 25.4 Å². The van der Waals surface area contributed by atoms with Gasteiger partial charge in [-0.15, -0.1) is 0 Å². The quantitative estimate of drug-likeness (QED) is 0.216. The fraction of sp³-hybridized carbons (Fsp3) is 0.379. The summed E-state index contributed by atoms with van der Waals surface area (Å²) in [6.45, 7) is 7.09. The maximum atomic E-state index is 13.7. The van der Waals surface area contributed by atoms with Crippen LogP contribution < -0.4 is 25.2 Å². The molecule has 4 aromatic rings. The third-order valence-electron chi connectivity index (χ3n) is 7.15. The molecule has 5 rings (SSSR count). The van der Waals surface area contributed by atoms with Crippen LogP contribution in [0, 0.1) is 13.8 Å². The molecule has 11 nitrogen and oxygen atoms in total. The average molecular weight is 609 g/mol. The van der Waals surface area contributed by atoms with E-state index in [-0.39, 0.29) is 34.5 Å². The summed E-state index contributed by atoms with van der Waals surface area (Å²) in [5.41, 5.74) is 3.75. The normalized spacial score (nSPS) is 15.9. The minimum absolute atomic E-state index is 0.121. The van der Waals surface area contributed by atoms with Crippen LogP contribution in [-0.2, 0) is 7.05 Å². The Labute approximate surface area is 253 Å². The first-order valence-corrected chi connectivity index (χ1v) is 15.2. The van der Waals surface area contributed by atoms with Gasteiger partial charge in [0.25, 0.3) is 11.5 Å². The molecule has 0 aliphatic carbocycles. The van der Waals surface area contributed by atoms with Crippen LogP contribution in [0.1, 0.15) is 53.1 Å². The van der Waals surface area contributed by atoms with Crippen molar-refractivity contribution in [3.05, 3.63) is 74.7 Å². The Morgan fingerprint density at radius 2 is 2.00 bits per heavy atom. The second kappa shape index (κ2) is 12.5. The topological polar surface area (TPSA) is 127 Å². The number of aryl methyl sites for hydroxylation is 2. The van der Waals surface area contributed by atoms with Crippen molar-refractivity contribution in [2.45, 2.75) is 45.8 Å². The molecular formula is C29H33ClN8O3S. The molecule has 1 amide bonds. The molecule has 4 heterocycles. The predicted molar refractivity (Wildman–Crippen MR) is 167 cm³/mol. The maximum Gasteiger partial charge on any atom is 0.281 e. The number of piperidine rings is 1. The van der Waals surface area contributed by atoms with Gasteiger partial charge in [-0.05, 0) is 57.4 Å². The zero-order chi connectivity index (χ0) is 30.0. The summed E-state index contributed by atoms with van der Waals surface area (Å²) in [7, 11) is 1.75. The first kappa shape index (κ1) is 29.6. The number of anilines is 2. The van der Waals surface area contributed by atoms with Crippen LogP contribution >= 0.6 is 23.5 Å². The van der Waals surface area contributed by atoms with Crippen molar-refractivity contribution in [1.29, 1.82) is 0 Å². The van der Waals surface area contributed by atoms with E-state index < -0.39 is 0 Å². The minimum Gasteiger partial charge on any atom is -0.471 e. The number of halogens is 1. The molecule has 2 atom stereocenters. The number of hydrogen-bond acceptors (Lipinski definition) is 10. The van der Waals surface area contributed by atoms with E-state index in [4.69, 9.17) is 21.3 Å². The number of ether oxygens (including phenoxy) is 1. The highest BCUT2D eigenvalue weighted by Crippen LogP contribution is 2.30. The van der Waals surface area contributed by atoms with Gasteiger partial charge in [0.05, 0.1) is 47.3 Å². The van der Waals surface area contributed by atoms with Gasteiger partial charge in [-0.25, -0.2) is 15.0 Å². The molecule has 2 N–H and O–H groups in total. The third-order valence-corrected chi connectivity index (χ3v) is 7.75. The van der Waals surface area contributed by atoms with Crippen molar-refractivity contribution in [2.75, 3.05) is 29.6 Å². The summed E-state index contributed by atoms with van der Waals surface area (Å²) in [6, 6.07) is 6.91. The number of fused-ring (bicyclic) bond motifs is 1. The zero-order valence-electron chi connectivity index (χ0n) is 24.1. The summed E-state index contributed by atoms with van der Waals surface area (Å²) in [6.07, 6.45) is 6.69. The fourth-order valence-corrected chi connectivity index (χ4v) is 5.59. The summed E-state index contributed by atoms with van der Waals surface area (Å²) < 4.78 is 10.4. The lowest BCUT2D eigenvalue weighted by Gasteiger charge is -2.34. The van der Waals surface area contributed by atoms with Crippen molar-refractivity contribution in [1.82, 2.24) is 29.2 Å². The Morgan fingerprint density at radius 1 is 1.19 bits per heavy atom. The molecule has 0 saturated carbocycles. The van der Waals surface area contributed by atoms with Gasteiger partial charge in [0.2, 0.25) is 11.8 Å². The second-order valence-corrected chi connectivity index (χ2v) is 11.4. The van der Waals surface area contributed by atoms with Crippen molar-refractivity contribution in [2.24, 2.45) is 7.05 Å². The number of hydrogen-bond donors (Lipinski definition) is 2. The standard InChI is InChI=1S/C29H33ClN8O3S/c1-16-11-20(18(3)33-22-8-9-23(30)34-26(22)27(39)36-42-5)25-21(12-16)28(40)37(4)29(35-25)38-10-6-7-19(15-38)41-24-14-31-17(2)13-32-24/h8-9,11-14,18-19,33H,6-7,10,15H2,1-5H3,(H,36,39)/t18-,19-/m1/s1. The van der Waals surface area contributed by atoms with Crippen LogP contribution in [0.5, 0.6) is 5.88 Å². The van der Waals surface area contributed by atoms with Crippen molar-refractivity contribution >= 4 is 52.0 Å². The first-order chi connectivity index (χ1) is 20.1. The average Bonchev–Trinajstić information content (AvgIpc) is 2.97. The lowest BCUT2D eigenvalue weighted by atomic mass is 10.0. The molecule has 1 aliphatic rings. The van der Waals surface area contributed by atoms with Crippen molar-refractivity contribution in [3.8, 4) is 5.88 Å². The van der Waals surface area contributed by atoms with Crippen LogP contribution in [0.3, 0.4) is 0 Å². The third kappa shape index (κ3) is 6.29. The number of carbonyl (C=O) groups is 1. The molecule has 42 heavy (non-hydrogen) atoms. The van der Waals surface area contributed by atoms with Gasteiger partial charge < -0.3 is 15.0 Å². The minimum atomic E-state index is -0.360. The van der Waals surface area contributed by atoms with E-state index >= 15 is 0 Å². The molecule has 1 fully saturated rings. The van der Waals surface area contributed by atoms with E-state index in [2.05, 4.69) is 29.9 Å². The highest BCUT2D eigenvalue weighted by Gasteiger charge is 2.26. The smallest absolute Gasteiger partial charge is 0.281 e. The van der Waals surface area contributed by atoms with E-state index in [0.717, 1.165) is 36.2 Å². The lowest BCUT2D eigenvalue weighted by molar-refractivity contribution is 0.0980. The van der Waals surface area contributed by atoms with Crippen LogP contribution in [0.2, 0.25) is 5.15 Å². The van der Waals surface area contributed by atoms with E-state index in [1.165, 1.54) is 11.9 Å². The van der Waals surface area contributed by atoms with E-state index in [1.807, 2.05) is 32.9 Å². The maximum absolute atomic E-state index is 13.7. The van der Waals surface area contributed by atoms with Gasteiger partial charge in [-0.2, -0.15) is 0 Å². The molecule has 1 aromatic carbocycles. The Kier molecular flexibility index (Phi) is 8.83. The number of amides is 1. The summed E-state index contributed by atoms with van der Waals surface area (Å²) in [4.78, 5) is 46.4. The van der Waals surface area contributed by atoms with E-state index in [0.29, 0.717) is 35.0 Å². The molecule has 0 bridgehead atoms. The molecular weight excluding hydrogens is 576 g/mol. The van der Waals surface area contributed by atoms with Gasteiger partial charge in [0.15, 0.2) is 5.69 Å². The number of benzene rings is 1. The summed E-state index contributed by atoms with van der Waals surface area (Å²) in [5.74, 6) is 0.690. The first-order valence-electron chi connectivity index (χ1n) is 13.6. The van der Waals surface area contributed by atoms with E-state index in [1.54, 1.807) is 42.4 Å². The Balaban J connectivity index is 1.49. The van der Waals surface area contributed by atoms with Gasteiger partial charge in [-0.1, -0.05) is 29.6 Å². The molecule has 220 valence electrons. The largest absolute Gasteiger partial charge is 0.471 e. The Bertz CT molecular complexity index is 1680.